The summed E-state index contributed by atoms with van der Waals surface area (Å²) in [5.41, 5.74) is 5.24. The third-order valence-electron chi connectivity index (χ3n) is 4.58. The van der Waals surface area contributed by atoms with Crippen molar-refractivity contribution in [1.82, 2.24) is 15.2 Å². The molecule has 1 N–H and O–H groups in total. The number of fused-ring (bicyclic) bond motifs is 1. The number of thioether (sulfide) groups is 1. The summed E-state index contributed by atoms with van der Waals surface area (Å²) in [6.07, 6.45) is 0. The summed E-state index contributed by atoms with van der Waals surface area (Å²) in [6, 6.07) is 15.9. The van der Waals surface area contributed by atoms with Gasteiger partial charge in [0.05, 0.1) is 16.8 Å². The van der Waals surface area contributed by atoms with E-state index in [0.717, 1.165) is 37.8 Å². The number of aromatic nitrogens is 3. The van der Waals surface area contributed by atoms with E-state index in [0.29, 0.717) is 10.7 Å². The zero-order chi connectivity index (χ0) is 20.4. The SMILES string of the molecule is CCSc1nnc(NC(=O)c2c(C)c(-c3ccc(C)cc3)nc3ccccc23)s1. The van der Waals surface area contributed by atoms with Gasteiger partial charge in [0.2, 0.25) is 5.13 Å². The molecule has 4 aromatic rings. The van der Waals surface area contributed by atoms with Crippen molar-refractivity contribution in [2.24, 2.45) is 0 Å². The van der Waals surface area contributed by atoms with Gasteiger partial charge in [-0.15, -0.1) is 10.2 Å². The van der Waals surface area contributed by atoms with Gasteiger partial charge < -0.3 is 0 Å². The summed E-state index contributed by atoms with van der Waals surface area (Å²) < 4.78 is 0.847. The standard InChI is InChI=1S/C22H20N4OS2/c1-4-28-22-26-25-21(29-22)24-20(27)18-14(3)19(15-11-9-13(2)10-12-15)23-17-8-6-5-7-16(17)18/h5-12H,4H2,1-3H3,(H,24,25,27). The first kappa shape index (κ1) is 19.5. The van der Waals surface area contributed by atoms with Crippen LogP contribution in [0.15, 0.2) is 52.9 Å². The lowest BCUT2D eigenvalue weighted by Gasteiger charge is -2.14. The molecular formula is C22H20N4OS2. The van der Waals surface area contributed by atoms with E-state index in [2.05, 4.69) is 41.5 Å². The fourth-order valence-electron chi connectivity index (χ4n) is 3.19. The third-order valence-corrected chi connectivity index (χ3v) is 6.44. The van der Waals surface area contributed by atoms with Crippen molar-refractivity contribution in [2.45, 2.75) is 25.1 Å². The smallest absolute Gasteiger partial charge is 0.258 e. The number of hydrogen-bond donors (Lipinski definition) is 1. The fraction of sp³-hybridized carbons (Fsp3) is 0.182. The van der Waals surface area contributed by atoms with Gasteiger partial charge in [-0.25, -0.2) is 4.98 Å². The van der Waals surface area contributed by atoms with Gasteiger partial charge in [-0.05, 0) is 31.2 Å². The molecule has 0 radical (unpaired) electrons. The van der Waals surface area contributed by atoms with Gasteiger partial charge in [0, 0.05) is 10.9 Å². The molecular weight excluding hydrogens is 400 g/mol. The third kappa shape index (κ3) is 4.02. The number of para-hydroxylation sites is 1. The first-order chi connectivity index (χ1) is 14.1. The summed E-state index contributed by atoms with van der Waals surface area (Å²) >= 11 is 3.00. The monoisotopic (exact) mass is 420 g/mol. The van der Waals surface area contributed by atoms with Crippen LogP contribution in [0.3, 0.4) is 0 Å². The Morgan fingerprint density at radius 3 is 2.59 bits per heavy atom. The molecule has 0 unspecified atom stereocenters. The number of aryl methyl sites for hydroxylation is 1. The lowest BCUT2D eigenvalue weighted by Crippen LogP contribution is -2.15. The Hall–Kier alpha value is -2.77. The minimum atomic E-state index is -0.196. The van der Waals surface area contributed by atoms with Gasteiger partial charge in [0.15, 0.2) is 4.34 Å². The molecule has 0 fully saturated rings. The second kappa shape index (κ2) is 8.31. The molecule has 1 amide bonds. The van der Waals surface area contributed by atoms with Crippen molar-refractivity contribution in [1.29, 1.82) is 0 Å². The molecule has 0 aliphatic heterocycles. The number of hydrogen-bond acceptors (Lipinski definition) is 6. The van der Waals surface area contributed by atoms with Crippen LogP contribution in [0.25, 0.3) is 22.2 Å². The van der Waals surface area contributed by atoms with Crippen LogP contribution in [0.4, 0.5) is 5.13 Å². The highest BCUT2D eigenvalue weighted by molar-refractivity contribution is 8.01. The Morgan fingerprint density at radius 1 is 1.07 bits per heavy atom. The first-order valence-electron chi connectivity index (χ1n) is 9.31. The topological polar surface area (TPSA) is 67.8 Å². The Kier molecular flexibility index (Phi) is 5.60. The Morgan fingerprint density at radius 2 is 1.83 bits per heavy atom. The van der Waals surface area contributed by atoms with Crippen molar-refractivity contribution in [3.05, 3.63) is 65.2 Å². The zero-order valence-corrected chi connectivity index (χ0v) is 18.0. The molecule has 0 bridgehead atoms. The van der Waals surface area contributed by atoms with Gasteiger partial charge in [0.1, 0.15) is 0 Å². The summed E-state index contributed by atoms with van der Waals surface area (Å²) in [7, 11) is 0. The Labute approximate surface area is 177 Å². The van der Waals surface area contributed by atoms with Crippen LogP contribution in [-0.4, -0.2) is 26.8 Å². The summed E-state index contributed by atoms with van der Waals surface area (Å²) in [5, 5.41) is 12.5. The van der Waals surface area contributed by atoms with Gasteiger partial charge >= 0.3 is 0 Å². The number of carbonyl (C=O) groups is 1. The first-order valence-corrected chi connectivity index (χ1v) is 11.1. The molecule has 0 aliphatic carbocycles. The summed E-state index contributed by atoms with van der Waals surface area (Å²) in [6.45, 7) is 6.06. The zero-order valence-electron chi connectivity index (χ0n) is 16.4. The fourth-order valence-corrected chi connectivity index (χ4v) is 4.84. The number of nitrogens with zero attached hydrogens (tertiary/aromatic N) is 3. The van der Waals surface area contributed by atoms with E-state index in [4.69, 9.17) is 4.98 Å². The molecule has 2 heterocycles. The number of carbonyl (C=O) groups excluding carboxylic acids is 1. The van der Waals surface area contributed by atoms with Gasteiger partial charge in [-0.1, -0.05) is 78.1 Å². The second-order valence-electron chi connectivity index (χ2n) is 6.60. The lowest BCUT2D eigenvalue weighted by atomic mass is 9.97. The maximum absolute atomic E-state index is 13.2. The van der Waals surface area contributed by atoms with Crippen LogP contribution in [-0.2, 0) is 0 Å². The number of amides is 1. The highest BCUT2D eigenvalue weighted by Crippen LogP contribution is 2.31. The highest BCUT2D eigenvalue weighted by Gasteiger charge is 2.20. The average Bonchev–Trinajstić information content (AvgIpc) is 3.15. The van der Waals surface area contributed by atoms with E-state index in [9.17, 15) is 4.79 Å². The quantitative estimate of drug-likeness (QED) is 0.330. The molecule has 0 saturated heterocycles. The molecule has 0 aliphatic rings. The molecule has 29 heavy (non-hydrogen) atoms. The highest BCUT2D eigenvalue weighted by atomic mass is 32.2. The van der Waals surface area contributed by atoms with E-state index in [1.807, 2.05) is 43.3 Å². The van der Waals surface area contributed by atoms with Crippen LogP contribution < -0.4 is 5.32 Å². The van der Waals surface area contributed by atoms with Crippen LogP contribution in [0.1, 0.15) is 28.4 Å². The van der Waals surface area contributed by atoms with Gasteiger partial charge in [-0.3, -0.25) is 10.1 Å². The molecule has 4 rings (SSSR count). The van der Waals surface area contributed by atoms with Crippen molar-refractivity contribution >= 4 is 45.0 Å². The van der Waals surface area contributed by atoms with Gasteiger partial charge in [-0.2, -0.15) is 0 Å². The number of pyridine rings is 1. The summed E-state index contributed by atoms with van der Waals surface area (Å²) in [4.78, 5) is 18.1. The van der Waals surface area contributed by atoms with Crippen LogP contribution >= 0.6 is 23.1 Å². The minimum absolute atomic E-state index is 0.196. The molecule has 0 atom stereocenters. The normalized spacial score (nSPS) is 11.0. The number of rotatable bonds is 5. The van der Waals surface area contributed by atoms with Crippen molar-refractivity contribution in [2.75, 3.05) is 11.1 Å². The van der Waals surface area contributed by atoms with E-state index in [-0.39, 0.29) is 5.91 Å². The van der Waals surface area contributed by atoms with Crippen molar-refractivity contribution in [3.63, 3.8) is 0 Å². The largest absolute Gasteiger partial charge is 0.296 e. The Balaban J connectivity index is 1.80. The molecule has 0 spiro atoms. The van der Waals surface area contributed by atoms with E-state index < -0.39 is 0 Å². The number of anilines is 1. The van der Waals surface area contributed by atoms with E-state index in [1.54, 1.807) is 11.8 Å². The Bertz CT molecular complexity index is 1190. The average molecular weight is 421 g/mol. The number of benzene rings is 2. The molecule has 0 saturated carbocycles. The van der Waals surface area contributed by atoms with E-state index in [1.165, 1.54) is 16.9 Å². The molecule has 5 nitrogen and oxygen atoms in total. The molecule has 7 heteroatoms. The van der Waals surface area contributed by atoms with Crippen LogP contribution in [0.5, 0.6) is 0 Å². The van der Waals surface area contributed by atoms with E-state index >= 15 is 0 Å². The minimum Gasteiger partial charge on any atom is -0.296 e. The van der Waals surface area contributed by atoms with Crippen LogP contribution in [0.2, 0.25) is 0 Å². The molecule has 146 valence electrons. The maximum atomic E-state index is 13.2. The molecule has 2 aromatic carbocycles. The number of nitrogens with one attached hydrogen (secondary N) is 1. The van der Waals surface area contributed by atoms with Crippen molar-refractivity contribution in [3.8, 4) is 11.3 Å². The second-order valence-corrected chi connectivity index (χ2v) is 9.09. The van der Waals surface area contributed by atoms with Gasteiger partial charge in [0.25, 0.3) is 5.91 Å². The lowest BCUT2D eigenvalue weighted by molar-refractivity contribution is 0.102. The maximum Gasteiger partial charge on any atom is 0.258 e. The van der Waals surface area contributed by atoms with Crippen LogP contribution in [0, 0.1) is 13.8 Å². The van der Waals surface area contributed by atoms with Crippen molar-refractivity contribution < 1.29 is 4.79 Å². The predicted molar refractivity (Wildman–Crippen MR) is 121 cm³/mol. The summed E-state index contributed by atoms with van der Waals surface area (Å²) in [5.74, 6) is 0.718. The predicted octanol–water partition coefficient (Wildman–Crippen LogP) is 5.73. The molecule has 2 aromatic heterocycles.